The standard InChI is InChI=1S/C15H28N2O4S/c1-14(6-4-3-5-12(14)18)11-17-13(19)15(22(2,20)21)7-9-16-10-8-15/h12,16,18H,3-11H2,1-2H3,(H,17,19). The van der Waals surface area contributed by atoms with Crippen LogP contribution in [0.3, 0.4) is 0 Å². The third-order valence-electron chi connectivity index (χ3n) is 5.47. The lowest BCUT2D eigenvalue weighted by molar-refractivity contribution is -0.125. The second-order valence-electron chi connectivity index (χ2n) is 7.11. The summed E-state index contributed by atoms with van der Waals surface area (Å²) in [6, 6.07) is 0. The van der Waals surface area contributed by atoms with E-state index in [1.165, 1.54) is 0 Å². The van der Waals surface area contributed by atoms with E-state index in [2.05, 4.69) is 10.6 Å². The lowest BCUT2D eigenvalue weighted by Gasteiger charge is -2.40. The second kappa shape index (κ2) is 6.45. The zero-order valence-corrected chi connectivity index (χ0v) is 14.3. The van der Waals surface area contributed by atoms with E-state index in [0.29, 0.717) is 32.5 Å². The van der Waals surface area contributed by atoms with Gasteiger partial charge in [0, 0.05) is 18.2 Å². The molecular weight excluding hydrogens is 304 g/mol. The number of nitrogens with one attached hydrogen (secondary N) is 2. The summed E-state index contributed by atoms with van der Waals surface area (Å²) in [5, 5.41) is 16.1. The van der Waals surface area contributed by atoms with Crippen LogP contribution in [0, 0.1) is 5.41 Å². The van der Waals surface area contributed by atoms with Crippen LogP contribution in [-0.4, -0.2) is 56.2 Å². The average molecular weight is 332 g/mol. The van der Waals surface area contributed by atoms with Crippen LogP contribution >= 0.6 is 0 Å². The minimum atomic E-state index is -3.49. The molecule has 2 atom stereocenters. The fourth-order valence-corrected chi connectivity index (χ4v) is 4.98. The highest BCUT2D eigenvalue weighted by Gasteiger charge is 2.49. The molecule has 1 aliphatic carbocycles. The largest absolute Gasteiger partial charge is 0.392 e. The fraction of sp³-hybridized carbons (Fsp3) is 0.933. The van der Waals surface area contributed by atoms with Crippen molar-refractivity contribution in [3.8, 4) is 0 Å². The lowest BCUT2D eigenvalue weighted by Crippen LogP contribution is -2.59. The zero-order valence-electron chi connectivity index (χ0n) is 13.5. The van der Waals surface area contributed by atoms with Gasteiger partial charge in [0.1, 0.15) is 0 Å². The first-order chi connectivity index (χ1) is 10.2. The molecule has 2 fully saturated rings. The van der Waals surface area contributed by atoms with Crippen molar-refractivity contribution in [2.45, 2.75) is 56.3 Å². The van der Waals surface area contributed by atoms with Gasteiger partial charge in [-0.2, -0.15) is 0 Å². The molecule has 1 aliphatic heterocycles. The van der Waals surface area contributed by atoms with E-state index in [1.54, 1.807) is 0 Å². The Balaban J connectivity index is 2.09. The van der Waals surface area contributed by atoms with E-state index in [0.717, 1.165) is 31.9 Å². The Labute approximate surface area is 133 Å². The second-order valence-corrected chi connectivity index (χ2v) is 9.44. The molecule has 0 spiro atoms. The lowest BCUT2D eigenvalue weighted by atomic mass is 9.73. The fourth-order valence-electron chi connectivity index (χ4n) is 3.63. The molecule has 2 aliphatic rings. The number of carbonyl (C=O) groups is 1. The van der Waals surface area contributed by atoms with Crippen LogP contribution in [0.1, 0.15) is 45.4 Å². The van der Waals surface area contributed by atoms with Gasteiger partial charge in [-0.25, -0.2) is 8.42 Å². The van der Waals surface area contributed by atoms with Crippen molar-refractivity contribution >= 4 is 15.7 Å². The van der Waals surface area contributed by atoms with Gasteiger partial charge >= 0.3 is 0 Å². The summed E-state index contributed by atoms with van der Waals surface area (Å²) in [4.78, 5) is 12.7. The van der Waals surface area contributed by atoms with Crippen LogP contribution in [0.15, 0.2) is 0 Å². The normalized spacial score (nSPS) is 32.4. The molecule has 2 rings (SSSR count). The molecule has 7 heteroatoms. The Hall–Kier alpha value is -0.660. The molecule has 1 saturated heterocycles. The molecule has 3 N–H and O–H groups in total. The van der Waals surface area contributed by atoms with E-state index in [4.69, 9.17) is 0 Å². The molecule has 1 heterocycles. The molecule has 0 aromatic heterocycles. The molecule has 6 nitrogen and oxygen atoms in total. The van der Waals surface area contributed by atoms with Gasteiger partial charge in [-0.15, -0.1) is 0 Å². The summed E-state index contributed by atoms with van der Waals surface area (Å²) in [5.41, 5.74) is -0.362. The quantitative estimate of drug-likeness (QED) is 0.684. The molecule has 22 heavy (non-hydrogen) atoms. The first kappa shape index (κ1) is 17.7. The van der Waals surface area contributed by atoms with Gasteiger partial charge in [0.25, 0.3) is 0 Å². The number of sulfone groups is 1. The number of aliphatic hydroxyl groups excluding tert-OH is 1. The van der Waals surface area contributed by atoms with Gasteiger partial charge in [-0.3, -0.25) is 4.79 Å². The van der Waals surface area contributed by atoms with Gasteiger partial charge in [0.2, 0.25) is 5.91 Å². The van der Waals surface area contributed by atoms with Crippen LogP contribution in [-0.2, 0) is 14.6 Å². The third-order valence-corrected chi connectivity index (χ3v) is 7.48. The van der Waals surface area contributed by atoms with E-state index in [9.17, 15) is 18.3 Å². The predicted octanol–water partition coefficient (Wildman–Crippen LogP) is 0.211. The molecule has 0 bridgehead atoms. The number of piperidine rings is 1. The molecular formula is C15H28N2O4S. The van der Waals surface area contributed by atoms with E-state index < -0.39 is 26.6 Å². The van der Waals surface area contributed by atoms with Crippen molar-refractivity contribution in [3.63, 3.8) is 0 Å². The molecule has 1 saturated carbocycles. The van der Waals surface area contributed by atoms with Crippen LogP contribution < -0.4 is 10.6 Å². The maximum absolute atomic E-state index is 12.7. The van der Waals surface area contributed by atoms with Crippen molar-refractivity contribution < 1.29 is 18.3 Å². The topological polar surface area (TPSA) is 95.5 Å². The Morgan fingerprint density at radius 1 is 1.27 bits per heavy atom. The summed E-state index contributed by atoms with van der Waals surface area (Å²) in [6.07, 6.45) is 4.94. The molecule has 0 aromatic rings. The highest BCUT2D eigenvalue weighted by Crippen LogP contribution is 2.36. The van der Waals surface area contributed by atoms with Crippen molar-refractivity contribution in [1.29, 1.82) is 0 Å². The number of amides is 1. The Bertz CT molecular complexity index is 514. The monoisotopic (exact) mass is 332 g/mol. The summed E-state index contributed by atoms with van der Waals surface area (Å²) in [5.74, 6) is -0.407. The van der Waals surface area contributed by atoms with Gasteiger partial charge in [-0.05, 0) is 38.8 Å². The minimum Gasteiger partial charge on any atom is -0.392 e. The summed E-state index contributed by atoms with van der Waals surface area (Å²) in [6.45, 7) is 3.35. The van der Waals surface area contributed by atoms with E-state index >= 15 is 0 Å². The van der Waals surface area contributed by atoms with Crippen molar-refractivity contribution in [2.24, 2.45) is 5.41 Å². The van der Waals surface area contributed by atoms with Crippen LogP contribution in [0.4, 0.5) is 0 Å². The SMILES string of the molecule is CC1(CNC(=O)C2(S(C)(=O)=O)CCNCC2)CCCCC1O. The zero-order chi connectivity index (χ0) is 16.4. The first-order valence-corrected chi connectivity index (χ1v) is 9.97. The number of aliphatic hydroxyl groups is 1. The maximum atomic E-state index is 12.7. The van der Waals surface area contributed by atoms with Crippen LogP contribution in [0.5, 0.6) is 0 Å². The molecule has 2 unspecified atom stereocenters. The molecule has 1 amide bonds. The van der Waals surface area contributed by atoms with Gasteiger partial charge in [-0.1, -0.05) is 19.8 Å². The Morgan fingerprint density at radius 3 is 2.45 bits per heavy atom. The number of carbonyl (C=O) groups excluding carboxylic acids is 1. The molecule has 0 aromatic carbocycles. The number of rotatable bonds is 4. The highest BCUT2D eigenvalue weighted by molar-refractivity contribution is 7.92. The smallest absolute Gasteiger partial charge is 0.241 e. The van der Waals surface area contributed by atoms with Crippen molar-refractivity contribution in [3.05, 3.63) is 0 Å². The Morgan fingerprint density at radius 2 is 1.91 bits per heavy atom. The predicted molar refractivity (Wildman–Crippen MR) is 85.3 cm³/mol. The Kier molecular flexibility index (Phi) is 5.19. The van der Waals surface area contributed by atoms with Gasteiger partial charge in [0.05, 0.1) is 6.10 Å². The molecule has 128 valence electrons. The van der Waals surface area contributed by atoms with Crippen LogP contribution in [0.25, 0.3) is 0 Å². The van der Waals surface area contributed by atoms with E-state index in [1.807, 2.05) is 6.92 Å². The van der Waals surface area contributed by atoms with Gasteiger partial charge < -0.3 is 15.7 Å². The van der Waals surface area contributed by atoms with Crippen molar-refractivity contribution in [1.82, 2.24) is 10.6 Å². The summed E-state index contributed by atoms with van der Waals surface area (Å²) < 4.78 is 23.1. The van der Waals surface area contributed by atoms with Gasteiger partial charge in [0.15, 0.2) is 14.6 Å². The number of hydrogen-bond acceptors (Lipinski definition) is 5. The first-order valence-electron chi connectivity index (χ1n) is 8.08. The minimum absolute atomic E-state index is 0.303. The summed E-state index contributed by atoms with van der Waals surface area (Å²) >= 11 is 0. The van der Waals surface area contributed by atoms with Crippen LogP contribution in [0.2, 0.25) is 0 Å². The average Bonchev–Trinajstić information content (AvgIpc) is 2.48. The summed E-state index contributed by atoms with van der Waals surface area (Å²) in [7, 11) is -3.49. The van der Waals surface area contributed by atoms with E-state index in [-0.39, 0.29) is 5.41 Å². The third kappa shape index (κ3) is 3.31. The highest BCUT2D eigenvalue weighted by atomic mass is 32.2. The molecule has 0 radical (unpaired) electrons. The maximum Gasteiger partial charge on any atom is 0.241 e. The van der Waals surface area contributed by atoms with Crippen molar-refractivity contribution in [2.75, 3.05) is 25.9 Å². The number of hydrogen-bond donors (Lipinski definition) is 3.